The van der Waals surface area contributed by atoms with Crippen LogP contribution in [-0.4, -0.2) is 56.3 Å². The molecule has 0 atom stereocenters. The van der Waals surface area contributed by atoms with Crippen molar-refractivity contribution in [2.45, 2.75) is 11.3 Å². The molecule has 6 nitrogen and oxygen atoms in total. The fraction of sp³-hybridized carbons (Fsp3) is 0.240. The third kappa shape index (κ3) is 5.26. The van der Waals surface area contributed by atoms with Gasteiger partial charge in [-0.05, 0) is 23.8 Å². The highest BCUT2D eigenvalue weighted by Gasteiger charge is 2.32. The Bertz CT molecular complexity index is 1260. The van der Waals surface area contributed by atoms with Gasteiger partial charge in [0.15, 0.2) is 0 Å². The van der Waals surface area contributed by atoms with E-state index in [1.165, 1.54) is 0 Å². The molecule has 1 amide bonds. The van der Waals surface area contributed by atoms with Crippen LogP contribution in [0.5, 0.6) is 5.75 Å². The lowest BCUT2D eigenvalue weighted by molar-refractivity contribution is -0.132. The van der Waals surface area contributed by atoms with E-state index in [4.69, 9.17) is 4.74 Å². The third-order valence-electron chi connectivity index (χ3n) is 5.65. The molecule has 0 unspecified atom stereocenters. The number of sulfonamides is 1. The molecule has 0 bridgehead atoms. The Labute approximate surface area is 197 Å². The second kappa shape index (κ2) is 10.3. The molecule has 0 saturated carbocycles. The van der Waals surface area contributed by atoms with Crippen molar-refractivity contribution in [1.29, 1.82) is 0 Å². The first-order valence-corrected chi connectivity index (χ1v) is 12.3. The summed E-state index contributed by atoms with van der Waals surface area (Å²) >= 11 is 0. The van der Waals surface area contributed by atoms with Gasteiger partial charge in [0.05, 0.1) is 13.0 Å². The molecule has 3 aromatic rings. The van der Waals surface area contributed by atoms with Crippen molar-refractivity contribution < 1.29 is 26.7 Å². The highest BCUT2D eigenvalue weighted by atomic mass is 32.2. The van der Waals surface area contributed by atoms with E-state index in [2.05, 4.69) is 0 Å². The molecule has 1 heterocycles. The summed E-state index contributed by atoms with van der Waals surface area (Å²) in [7, 11) is -4.11. The summed E-state index contributed by atoms with van der Waals surface area (Å²) in [6.45, 7) is 0.607. The summed E-state index contributed by atoms with van der Waals surface area (Å²) in [5.74, 6) is -1.45. The first-order chi connectivity index (χ1) is 16.4. The van der Waals surface area contributed by atoms with Gasteiger partial charge in [-0.25, -0.2) is 17.2 Å². The number of nitrogens with zero attached hydrogens (tertiary/aromatic N) is 2. The second-order valence-electron chi connectivity index (χ2n) is 7.82. The molecule has 1 aliphatic rings. The predicted molar refractivity (Wildman–Crippen MR) is 124 cm³/mol. The van der Waals surface area contributed by atoms with Gasteiger partial charge in [-0.3, -0.25) is 4.79 Å². The fourth-order valence-electron chi connectivity index (χ4n) is 3.86. The molecule has 0 spiro atoms. The minimum absolute atomic E-state index is 0.0303. The number of hydrogen-bond acceptors (Lipinski definition) is 4. The zero-order valence-electron chi connectivity index (χ0n) is 18.4. The van der Waals surface area contributed by atoms with E-state index in [0.717, 1.165) is 27.6 Å². The highest BCUT2D eigenvalue weighted by molar-refractivity contribution is 7.89. The Balaban J connectivity index is 1.31. The first-order valence-electron chi connectivity index (χ1n) is 10.9. The largest absolute Gasteiger partial charge is 0.492 e. The summed E-state index contributed by atoms with van der Waals surface area (Å²) < 4.78 is 59.6. The van der Waals surface area contributed by atoms with E-state index in [1.54, 1.807) is 4.90 Å². The van der Waals surface area contributed by atoms with Gasteiger partial charge in [0, 0.05) is 37.8 Å². The van der Waals surface area contributed by atoms with Crippen molar-refractivity contribution in [2.75, 3.05) is 32.8 Å². The molecule has 9 heteroatoms. The summed E-state index contributed by atoms with van der Waals surface area (Å²) in [5, 5.41) is 0. The van der Waals surface area contributed by atoms with Gasteiger partial charge < -0.3 is 9.64 Å². The van der Waals surface area contributed by atoms with Gasteiger partial charge in [0.25, 0.3) is 0 Å². The monoisotopic (exact) mass is 486 g/mol. The Morgan fingerprint density at radius 2 is 1.56 bits per heavy atom. The van der Waals surface area contributed by atoms with E-state index < -0.39 is 26.6 Å². The van der Waals surface area contributed by atoms with Crippen molar-refractivity contribution in [3.8, 4) is 16.9 Å². The summed E-state index contributed by atoms with van der Waals surface area (Å²) in [6, 6.07) is 19.8. The van der Waals surface area contributed by atoms with Gasteiger partial charge >= 0.3 is 0 Å². The Hall–Kier alpha value is -3.30. The van der Waals surface area contributed by atoms with Gasteiger partial charge in [-0.15, -0.1) is 0 Å². The smallest absolute Gasteiger partial charge is 0.246 e. The summed E-state index contributed by atoms with van der Waals surface area (Å²) in [6.07, 6.45) is 0.141. The number of carbonyl (C=O) groups is 1. The van der Waals surface area contributed by atoms with E-state index in [0.29, 0.717) is 11.8 Å². The van der Waals surface area contributed by atoms with Crippen LogP contribution in [-0.2, 0) is 14.8 Å². The van der Waals surface area contributed by atoms with Crippen LogP contribution in [0, 0.1) is 11.6 Å². The molecule has 1 fully saturated rings. The van der Waals surface area contributed by atoms with Crippen molar-refractivity contribution in [2.24, 2.45) is 0 Å². The maximum atomic E-state index is 14.0. The minimum Gasteiger partial charge on any atom is -0.492 e. The fourth-order valence-corrected chi connectivity index (χ4v) is 5.32. The van der Waals surface area contributed by atoms with Crippen molar-refractivity contribution in [3.05, 3.63) is 84.4 Å². The number of para-hydroxylation sites is 1. The highest BCUT2D eigenvalue weighted by Crippen LogP contribution is 2.29. The van der Waals surface area contributed by atoms with Crippen LogP contribution >= 0.6 is 0 Å². The minimum atomic E-state index is -4.11. The normalized spacial score (nSPS) is 14.7. The van der Waals surface area contributed by atoms with Crippen LogP contribution in [0.25, 0.3) is 11.1 Å². The molecular formula is C25H24F2N2O4S. The maximum Gasteiger partial charge on any atom is 0.246 e. The first kappa shape index (κ1) is 23.8. The SMILES string of the molecule is O=C(CCOc1ccccc1-c1ccccc1)N1CCN(S(=O)(=O)c2ccc(F)cc2F)CC1. The predicted octanol–water partition coefficient (Wildman–Crippen LogP) is 3.93. The average molecular weight is 487 g/mol. The summed E-state index contributed by atoms with van der Waals surface area (Å²) in [5.41, 5.74) is 1.95. The van der Waals surface area contributed by atoms with Crippen LogP contribution in [0.3, 0.4) is 0 Å². The number of amides is 1. The summed E-state index contributed by atoms with van der Waals surface area (Å²) in [4.78, 5) is 13.6. The molecule has 0 radical (unpaired) electrons. The quantitative estimate of drug-likeness (QED) is 0.508. The van der Waals surface area contributed by atoms with Crippen LogP contribution in [0.4, 0.5) is 8.78 Å². The van der Waals surface area contributed by atoms with Crippen molar-refractivity contribution in [1.82, 2.24) is 9.21 Å². The number of hydrogen-bond donors (Lipinski definition) is 0. The van der Waals surface area contributed by atoms with E-state index in [-0.39, 0.29) is 45.1 Å². The number of benzene rings is 3. The number of ether oxygens (including phenoxy) is 1. The molecule has 0 aromatic heterocycles. The van der Waals surface area contributed by atoms with Gasteiger partial charge in [-0.1, -0.05) is 48.5 Å². The Kier molecular flexibility index (Phi) is 7.23. The number of rotatable bonds is 7. The molecule has 4 rings (SSSR count). The average Bonchev–Trinajstić information content (AvgIpc) is 2.84. The van der Waals surface area contributed by atoms with Gasteiger partial charge in [0.2, 0.25) is 15.9 Å². The van der Waals surface area contributed by atoms with E-state index >= 15 is 0 Å². The Morgan fingerprint density at radius 1 is 0.882 bits per heavy atom. The van der Waals surface area contributed by atoms with Crippen LogP contribution in [0.2, 0.25) is 0 Å². The van der Waals surface area contributed by atoms with Crippen LogP contribution in [0.15, 0.2) is 77.7 Å². The molecule has 1 aliphatic heterocycles. The molecule has 3 aromatic carbocycles. The van der Waals surface area contributed by atoms with Crippen LogP contribution in [0.1, 0.15) is 6.42 Å². The molecule has 0 aliphatic carbocycles. The van der Waals surface area contributed by atoms with Crippen LogP contribution < -0.4 is 4.74 Å². The van der Waals surface area contributed by atoms with E-state index in [1.807, 2.05) is 54.6 Å². The standard InChI is InChI=1S/C25H24F2N2O4S/c26-20-10-11-24(22(27)18-20)34(31,32)29-15-13-28(14-16-29)25(30)12-17-33-23-9-5-4-8-21(23)19-6-2-1-3-7-19/h1-11,18H,12-17H2. The molecule has 0 N–H and O–H groups in total. The number of piperazine rings is 1. The lowest BCUT2D eigenvalue weighted by Gasteiger charge is -2.34. The molecule has 178 valence electrons. The van der Waals surface area contributed by atoms with Crippen molar-refractivity contribution >= 4 is 15.9 Å². The Morgan fingerprint density at radius 3 is 2.26 bits per heavy atom. The zero-order valence-corrected chi connectivity index (χ0v) is 19.2. The van der Waals surface area contributed by atoms with E-state index in [9.17, 15) is 22.0 Å². The molecular weight excluding hydrogens is 462 g/mol. The lowest BCUT2D eigenvalue weighted by atomic mass is 10.1. The van der Waals surface area contributed by atoms with Gasteiger partial charge in [0.1, 0.15) is 22.3 Å². The molecule has 1 saturated heterocycles. The molecule has 34 heavy (non-hydrogen) atoms. The topological polar surface area (TPSA) is 66.9 Å². The lowest BCUT2D eigenvalue weighted by Crippen LogP contribution is -2.50. The van der Waals surface area contributed by atoms with Crippen molar-refractivity contribution in [3.63, 3.8) is 0 Å². The van der Waals surface area contributed by atoms with Gasteiger partial charge in [-0.2, -0.15) is 4.31 Å². The number of halogens is 2. The third-order valence-corrected chi connectivity index (χ3v) is 7.58. The zero-order chi connectivity index (χ0) is 24.1. The maximum absolute atomic E-state index is 14.0. The number of carbonyl (C=O) groups excluding carboxylic acids is 1. The second-order valence-corrected chi connectivity index (χ2v) is 9.73.